The van der Waals surface area contributed by atoms with Gasteiger partial charge in [-0.1, -0.05) is 64.2 Å². The SMILES string of the molecule is NC(CO)(CO)COC(=O)c1ccc(C2CC2c2ccc(OCc3c(-c4c(Cl)cccc4Cl)noc3C3CC3)cc2Cl)cc1. The molecule has 8 nitrogen and oxygen atoms in total. The number of benzene rings is 3. The monoisotopic (exact) mass is 656 g/mol. The normalized spacial score (nSPS) is 17.9. The summed E-state index contributed by atoms with van der Waals surface area (Å²) in [6, 6.07) is 18.3. The van der Waals surface area contributed by atoms with Crippen LogP contribution in [0.2, 0.25) is 15.1 Å². The Balaban J connectivity index is 1.10. The summed E-state index contributed by atoms with van der Waals surface area (Å²) in [5, 5.41) is 24.5. The first-order valence-corrected chi connectivity index (χ1v) is 15.5. The number of esters is 1. The number of hydrogen-bond donors (Lipinski definition) is 3. The third-order valence-corrected chi connectivity index (χ3v) is 9.16. The van der Waals surface area contributed by atoms with Gasteiger partial charge < -0.3 is 29.9 Å². The Bertz CT molecular complexity index is 1650. The first-order valence-electron chi connectivity index (χ1n) is 14.3. The molecule has 1 aromatic heterocycles. The van der Waals surface area contributed by atoms with Crippen LogP contribution in [0.4, 0.5) is 0 Å². The minimum Gasteiger partial charge on any atom is -0.489 e. The standard InChI is InChI=1S/C33H31Cl3N2O6/c34-26-2-1-3-27(35)29(26)30-25(31(44-38-30)19-6-7-19)14-42-21-10-11-22(28(36)12-21)24-13-23(24)18-4-8-20(9-5-18)32(41)43-17-33(37,15-39)16-40/h1-5,8-12,19,23-24,39-40H,6-7,13-17,37H2. The van der Waals surface area contributed by atoms with Crippen LogP contribution >= 0.6 is 34.8 Å². The molecule has 2 saturated carbocycles. The molecule has 3 aromatic carbocycles. The Labute approximate surface area is 269 Å². The highest BCUT2D eigenvalue weighted by atomic mass is 35.5. The van der Waals surface area contributed by atoms with Crippen molar-refractivity contribution in [3.63, 3.8) is 0 Å². The predicted molar refractivity (Wildman–Crippen MR) is 168 cm³/mol. The van der Waals surface area contributed by atoms with E-state index < -0.39 is 24.7 Å². The highest BCUT2D eigenvalue weighted by molar-refractivity contribution is 6.39. The minimum atomic E-state index is -1.37. The van der Waals surface area contributed by atoms with Gasteiger partial charge in [0.15, 0.2) is 0 Å². The quantitative estimate of drug-likeness (QED) is 0.141. The molecule has 4 N–H and O–H groups in total. The van der Waals surface area contributed by atoms with Gasteiger partial charge in [0.05, 0.1) is 39.9 Å². The van der Waals surface area contributed by atoms with Crippen LogP contribution in [0.5, 0.6) is 5.75 Å². The maximum atomic E-state index is 12.4. The average molecular weight is 658 g/mol. The zero-order valence-electron chi connectivity index (χ0n) is 23.6. The van der Waals surface area contributed by atoms with Gasteiger partial charge in [-0.25, -0.2) is 4.79 Å². The van der Waals surface area contributed by atoms with Gasteiger partial charge >= 0.3 is 5.97 Å². The number of nitrogens with two attached hydrogens (primary N) is 1. The molecule has 0 spiro atoms. The van der Waals surface area contributed by atoms with Gasteiger partial charge in [0, 0.05) is 16.5 Å². The van der Waals surface area contributed by atoms with Gasteiger partial charge in [0.25, 0.3) is 0 Å². The van der Waals surface area contributed by atoms with Gasteiger partial charge in [-0.15, -0.1) is 0 Å². The van der Waals surface area contributed by atoms with Gasteiger partial charge in [0.2, 0.25) is 0 Å². The molecule has 0 radical (unpaired) electrons. The van der Waals surface area contributed by atoms with Crippen molar-refractivity contribution in [2.75, 3.05) is 19.8 Å². The molecule has 230 valence electrons. The van der Waals surface area contributed by atoms with Crippen LogP contribution in [0.25, 0.3) is 11.3 Å². The van der Waals surface area contributed by atoms with Crippen LogP contribution in [-0.4, -0.2) is 46.7 Å². The summed E-state index contributed by atoms with van der Waals surface area (Å²) in [5.74, 6) is 1.69. The molecule has 6 rings (SSSR count). The van der Waals surface area contributed by atoms with Crippen molar-refractivity contribution in [3.05, 3.63) is 104 Å². The van der Waals surface area contributed by atoms with Crippen molar-refractivity contribution < 1.29 is 29.0 Å². The van der Waals surface area contributed by atoms with E-state index in [1.807, 2.05) is 30.3 Å². The highest BCUT2D eigenvalue weighted by Crippen LogP contribution is 2.56. The summed E-state index contributed by atoms with van der Waals surface area (Å²) in [6.07, 6.45) is 3.01. The molecule has 2 atom stereocenters. The lowest BCUT2D eigenvalue weighted by atomic mass is 10.0. The molecule has 4 aromatic rings. The van der Waals surface area contributed by atoms with Gasteiger partial charge in [0.1, 0.15) is 30.4 Å². The fraction of sp³-hybridized carbons (Fsp3) is 0.333. The van der Waals surface area contributed by atoms with Crippen LogP contribution in [0, 0.1) is 0 Å². The Morgan fingerprint density at radius 1 is 0.977 bits per heavy atom. The first kappa shape index (κ1) is 30.9. The lowest BCUT2D eigenvalue weighted by molar-refractivity contribution is 0.0210. The first-order chi connectivity index (χ1) is 21.2. The highest BCUT2D eigenvalue weighted by Gasteiger charge is 2.41. The third kappa shape index (κ3) is 6.47. The van der Waals surface area contributed by atoms with Crippen molar-refractivity contribution >= 4 is 40.8 Å². The molecule has 11 heteroatoms. The molecule has 1 heterocycles. The van der Waals surface area contributed by atoms with Gasteiger partial charge in [-0.2, -0.15) is 0 Å². The van der Waals surface area contributed by atoms with Crippen LogP contribution in [0.3, 0.4) is 0 Å². The van der Waals surface area contributed by atoms with Gasteiger partial charge in [-0.3, -0.25) is 0 Å². The van der Waals surface area contributed by atoms with E-state index in [-0.39, 0.29) is 25.0 Å². The Morgan fingerprint density at radius 2 is 1.68 bits per heavy atom. The Hall–Kier alpha value is -3.11. The number of nitrogens with zero attached hydrogens (tertiary/aromatic N) is 1. The number of ether oxygens (including phenoxy) is 2. The van der Waals surface area contributed by atoms with E-state index in [0.29, 0.717) is 43.6 Å². The average Bonchev–Trinajstić information content (AvgIpc) is 3.97. The summed E-state index contributed by atoms with van der Waals surface area (Å²) in [5.41, 5.74) is 8.94. The zero-order chi connectivity index (χ0) is 31.0. The van der Waals surface area contributed by atoms with Crippen LogP contribution in [-0.2, 0) is 11.3 Å². The number of carbonyl (C=O) groups is 1. The van der Waals surface area contributed by atoms with E-state index in [9.17, 15) is 15.0 Å². The smallest absolute Gasteiger partial charge is 0.338 e. The number of aromatic nitrogens is 1. The molecule has 2 fully saturated rings. The molecule has 0 aliphatic heterocycles. The number of rotatable bonds is 12. The van der Waals surface area contributed by atoms with Crippen LogP contribution in [0.15, 0.2) is 65.2 Å². The Morgan fingerprint density at radius 3 is 2.32 bits per heavy atom. The summed E-state index contributed by atoms with van der Waals surface area (Å²) in [6.45, 7) is -1.06. The van der Waals surface area contributed by atoms with Crippen LogP contribution < -0.4 is 10.5 Å². The number of hydrogen-bond acceptors (Lipinski definition) is 8. The minimum absolute atomic E-state index is 0.231. The lowest BCUT2D eigenvalue weighted by Crippen LogP contribution is -2.51. The van der Waals surface area contributed by atoms with Crippen molar-refractivity contribution in [2.45, 2.75) is 49.2 Å². The second kappa shape index (κ2) is 12.7. The van der Waals surface area contributed by atoms with E-state index in [1.165, 1.54) is 0 Å². The topological polar surface area (TPSA) is 128 Å². The Kier molecular flexibility index (Phi) is 8.93. The number of aliphatic hydroxyl groups is 2. The second-order valence-corrected chi connectivity index (χ2v) is 12.8. The molecule has 0 saturated heterocycles. The predicted octanol–water partition coefficient (Wildman–Crippen LogP) is 6.87. The molecular formula is C33H31Cl3N2O6. The number of halogens is 3. The molecule has 0 amide bonds. The molecule has 2 aliphatic carbocycles. The van der Waals surface area contributed by atoms with Crippen molar-refractivity contribution in [1.82, 2.24) is 5.16 Å². The maximum Gasteiger partial charge on any atom is 0.338 e. The van der Waals surface area contributed by atoms with E-state index in [2.05, 4.69) is 5.16 Å². The maximum absolute atomic E-state index is 12.4. The van der Waals surface area contributed by atoms with Crippen molar-refractivity contribution in [2.24, 2.45) is 5.73 Å². The summed E-state index contributed by atoms with van der Waals surface area (Å²) >= 11 is 19.7. The molecule has 44 heavy (non-hydrogen) atoms. The molecular weight excluding hydrogens is 627 g/mol. The second-order valence-electron chi connectivity index (χ2n) is 11.5. The molecule has 2 aliphatic rings. The summed E-state index contributed by atoms with van der Waals surface area (Å²) in [4.78, 5) is 12.4. The van der Waals surface area contributed by atoms with E-state index in [1.54, 1.807) is 30.3 Å². The third-order valence-electron chi connectivity index (χ3n) is 8.21. The molecule has 0 bridgehead atoms. The fourth-order valence-electron chi connectivity index (χ4n) is 5.31. The van der Waals surface area contributed by atoms with E-state index in [0.717, 1.165) is 41.7 Å². The van der Waals surface area contributed by atoms with Gasteiger partial charge in [-0.05, 0) is 78.6 Å². The molecule has 2 unspecified atom stereocenters. The number of aliphatic hydroxyl groups excluding tert-OH is 2. The zero-order valence-corrected chi connectivity index (χ0v) is 25.9. The van der Waals surface area contributed by atoms with Crippen LogP contribution in [0.1, 0.15) is 69.8 Å². The van der Waals surface area contributed by atoms with E-state index in [4.69, 9.17) is 54.5 Å². The largest absolute Gasteiger partial charge is 0.489 e. The fourth-order valence-corrected chi connectivity index (χ4v) is 6.20. The lowest BCUT2D eigenvalue weighted by Gasteiger charge is -2.23. The number of carbonyl (C=O) groups excluding carboxylic acids is 1. The summed E-state index contributed by atoms with van der Waals surface area (Å²) in [7, 11) is 0. The summed E-state index contributed by atoms with van der Waals surface area (Å²) < 4.78 is 17.1. The van der Waals surface area contributed by atoms with E-state index >= 15 is 0 Å². The van der Waals surface area contributed by atoms with Crippen molar-refractivity contribution in [3.8, 4) is 17.0 Å². The van der Waals surface area contributed by atoms with Crippen molar-refractivity contribution in [1.29, 1.82) is 0 Å².